The monoisotopic (exact) mass is 284 g/mol. The SMILES string of the molecule is Nc1ncnc2c1pcn2[C@@H]1O[C@H](CO)[C@@H](O)[C@H]1O. The maximum atomic E-state index is 9.99. The zero-order chi connectivity index (χ0) is 13.6. The second kappa shape index (κ2) is 4.66. The zero-order valence-corrected chi connectivity index (χ0v) is 10.7. The molecule has 8 nitrogen and oxygen atoms in total. The summed E-state index contributed by atoms with van der Waals surface area (Å²) in [6.07, 6.45) is -2.55. The minimum absolute atomic E-state index is 0.362. The van der Waals surface area contributed by atoms with Gasteiger partial charge >= 0.3 is 0 Å². The number of fused-ring (bicyclic) bond motifs is 1. The predicted molar refractivity (Wildman–Crippen MR) is 67.5 cm³/mol. The van der Waals surface area contributed by atoms with Crippen LogP contribution in [-0.2, 0) is 4.74 Å². The van der Waals surface area contributed by atoms with Crippen LogP contribution in [0.15, 0.2) is 12.3 Å². The molecular formula is C10H13N4O4P. The van der Waals surface area contributed by atoms with Crippen molar-refractivity contribution < 1.29 is 20.1 Å². The van der Waals surface area contributed by atoms with Crippen LogP contribution >= 0.6 is 8.19 Å². The largest absolute Gasteiger partial charge is 0.394 e. The van der Waals surface area contributed by atoms with Crippen molar-refractivity contribution in [3.8, 4) is 0 Å². The summed E-state index contributed by atoms with van der Waals surface area (Å²) in [6, 6.07) is 0. The van der Waals surface area contributed by atoms with Gasteiger partial charge in [-0.05, 0) is 8.19 Å². The second-order valence-corrected chi connectivity index (χ2v) is 5.25. The fraction of sp³-hybridized carbons (Fsp3) is 0.500. The van der Waals surface area contributed by atoms with Crippen molar-refractivity contribution in [1.82, 2.24) is 14.5 Å². The van der Waals surface area contributed by atoms with E-state index in [4.69, 9.17) is 15.6 Å². The Morgan fingerprint density at radius 1 is 1.37 bits per heavy atom. The lowest BCUT2D eigenvalue weighted by Gasteiger charge is -2.16. The number of aromatic nitrogens is 3. The third-order valence-corrected chi connectivity index (χ3v) is 4.23. The molecule has 2 aromatic heterocycles. The average molecular weight is 284 g/mol. The van der Waals surface area contributed by atoms with Crippen molar-refractivity contribution in [2.45, 2.75) is 24.5 Å². The van der Waals surface area contributed by atoms with Gasteiger partial charge in [-0.1, -0.05) is 0 Å². The van der Waals surface area contributed by atoms with E-state index in [1.807, 2.05) is 0 Å². The van der Waals surface area contributed by atoms with E-state index in [0.717, 1.165) is 13.3 Å². The highest BCUT2D eigenvalue weighted by atomic mass is 31.0. The summed E-state index contributed by atoms with van der Waals surface area (Å²) in [7, 11) is 0.797. The summed E-state index contributed by atoms with van der Waals surface area (Å²) in [6.45, 7) is -0.362. The second-order valence-electron chi connectivity index (χ2n) is 4.31. The van der Waals surface area contributed by atoms with Crippen LogP contribution in [0.25, 0.3) is 10.8 Å². The molecule has 3 rings (SSSR count). The van der Waals surface area contributed by atoms with Gasteiger partial charge in [-0.25, -0.2) is 9.97 Å². The van der Waals surface area contributed by atoms with Crippen molar-refractivity contribution in [2.75, 3.05) is 12.3 Å². The first-order chi connectivity index (χ1) is 9.13. The fourth-order valence-electron chi connectivity index (χ4n) is 2.17. The number of rotatable bonds is 2. The minimum atomic E-state index is -1.14. The maximum absolute atomic E-state index is 9.99. The van der Waals surface area contributed by atoms with Gasteiger partial charge in [0.25, 0.3) is 0 Å². The van der Waals surface area contributed by atoms with E-state index in [1.165, 1.54) is 6.33 Å². The molecule has 0 aliphatic carbocycles. The molecule has 0 radical (unpaired) electrons. The smallest absolute Gasteiger partial charge is 0.164 e. The Bertz CT molecular complexity index is 606. The Balaban J connectivity index is 2.04. The normalized spacial score (nSPS) is 31.5. The molecule has 1 aliphatic heterocycles. The number of nitrogens with zero attached hydrogens (tertiary/aromatic N) is 3. The number of anilines is 1. The van der Waals surface area contributed by atoms with E-state index < -0.39 is 24.5 Å². The first-order valence-corrected chi connectivity index (χ1v) is 6.65. The first-order valence-electron chi connectivity index (χ1n) is 5.69. The van der Waals surface area contributed by atoms with E-state index >= 15 is 0 Å². The Kier molecular flexibility index (Phi) is 3.12. The van der Waals surface area contributed by atoms with E-state index in [1.54, 1.807) is 10.5 Å². The number of ether oxygens (including phenoxy) is 1. The fourth-order valence-corrected chi connectivity index (χ4v) is 3.13. The van der Waals surface area contributed by atoms with Crippen molar-refractivity contribution in [2.24, 2.45) is 0 Å². The third kappa shape index (κ3) is 1.89. The summed E-state index contributed by atoms with van der Waals surface area (Å²) in [4.78, 5) is 8.02. The molecular weight excluding hydrogens is 271 g/mol. The lowest BCUT2D eigenvalue weighted by Crippen LogP contribution is -2.33. The molecule has 0 aromatic carbocycles. The highest BCUT2D eigenvalue weighted by Gasteiger charge is 2.43. The Morgan fingerprint density at radius 2 is 2.16 bits per heavy atom. The van der Waals surface area contributed by atoms with E-state index in [9.17, 15) is 10.2 Å². The standard InChI is InChI=1S/C10H13N4O4P/c11-8-7-9(13-2-12-8)14(3-19-7)10-6(17)5(16)4(1-15)18-10/h2-6,10,15-17H,1H2,(H2,11,12,13)/t4-,5-,6-,10-/m1/s1. The average Bonchev–Trinajstić information content (AvgIpc) is 2.94. The van der Waals surface area contributed by atoms with Crippen LogP contribution in [0.2, 0.25) is 0 Å². The van der Waals surface area contributed by atoms with Crippen LogP contribution in [0.5, 0.6) is 0 Å². The van der Waals surface area contributed by atoms with Gasteiger partial charge in [-0.3, -0.25) is 4.57 Å². The van der Waals surface area contributed by atoms with Crippen LogP contribution in [0, 0.1) is 0 Å². The summed E-state index contributed by atoms with van der Waals surface area (Å²) >= 11 is 0. The molecule has 0 unspecified atom stereocenters. The summed E-state index contributed by atoms with van der Waals surface area (Å²) in [5.74, 6) is 2.12. The van der Waals surface area contributed by atoms with Crippen LogP contribution in [0.3, 0.4) is 0 Å². The quantitative estimate of drug-likeness (QED) is 0.569. The molecule has 0 spiro atoms. The summed E-state index contributed by atoms with van der Waals surface area (Å²) < 4.78 is 7.06. The molecule has 1 fully saturated rings. The molecule has 0 bridgehead atoms. The topological polar surface area (TPSA) is 127 Å². The Hall–Kier alpha value is -1.31. The van der Waals surface area contributed by atoms with Gasteiger partial charge in [-0.2, -0.15) is 0 Å². The van der Waals surface area contributed by atoms with Gasteiger partial charge in [0.05, 0.1) is 11.7 Å². The number of aliphatic hydroxyl groups is 3. The lowest BCUT2D eigenvalue weighted by atomic mass is 10.1. The predicted octanol–water partition coefficient (Wildman–Crippen LogP) is -0.795. The Morgan fingerprint density at radius 3 is 2.84 bits per heavy atom. The molecule has 5 N–H and O–H groups in total. The Labute approximate surface area is 109 Å². The van der Waals surface area contributed by atoms with Gasteiger partial charge in [0, 0.05) is 5.93 Å². The first kappa shape index (κ1) is 12.7. The summed E-state index contributed by atoms with van der Waals surface area (Å²) in [5.41, 5.74) is 6.30. The van der Waals surface area contributed by atoms with Crippen LogP contribution in [0.1, 0.15) is 6.23 Å². The molecule has 0 saturated carbocycles. The van der Waals surface area contributed by atoms with E-state index in [-0.39, 0.29) is 6.61 Å². The number of nitrogens with two attached hydrogens (primary N) is 1. The van der Waals surface area contributed by atoms with Gasteiger partial charge in [-0.15, -0.1) is 0 Å². The minimum Gasteiger partial charge on any atom is -0.394 e. The highest BCUT2D eigenvalue weighted by Crippen LogP contribution is 2.35. The van der Waals surface area contributed by atoms with Crippen molar-refractivity contribution in [3.63, 3.8) is 0 Å². The van der Waals surface area contributed by atoms with E-state index in [0.29, 0.717) is 11.5 Å². The van der Waals surface area contributed by atoms with Crippen molar-refractivity contribution in [1.29, 1.82) is 0 Å². The van der Waals surface area contributed by atoms with E-state index in [2.05, 4.69) is 9.97 Å². The molecule has 1 aliphatic rings. The highest BCUT2D eigenvalue weighted by molar-refractivity contribution is 7.36. The zero-order valence-electron chi connectivity index (χ0n) is 9.79. The molecule has 9 heteroatoms. The molecule has 4 atom stereocenters. The lowest BCUT2D eigenvalue weighted by molar-refractivity contribution is -0.0506. The molecule has 3 heterocycles. The van der Waals surface area contributed by atoms with Gasteiger partial charge in [0.1, 0.15) is 30.5 Å². The maximum Gasteiger partial charge on any atom is 0.164 e. The van der Waals surface area contributed by atoms with Crippen LogP contribution < -0.4 is 5.73 Å². The van der Waals surface area contributed by atoms with Crippen molar-refractivity contribution >= 4 is 24.8 Å². The van der Waals surface area contributed by atoms with Gasteiger partial charge in [0.2, 0.25) is 0 Å². The molecule has 19 heavy (non-hydrogen) atoms. The number of nitrogen functional groups attached to an aromatic ring is 1. The molecule has 2 aromatic rings. The molecule has 0 amide bonds. The number of hydrogen-bond acceptors (Lipinski definition) is 7. The number of hydrogen-bond donors (Lipinski definition) is 4. The third-order valence-electron chi connectivity index (χ3n) is 3.18. The molecule has 102 valence electrons. The molecule has 1 saturated heterocycles. The van der Waals surface area contributed by atoms with Gasteiger partial charge < -0.3 is 25.8 Å². The van der Waals surface area contributed by atoms with Crippen molar-refractivity contribution in [3.05, 3.63) is 12.3 Å². The number of aliphatic hydroxyl groups excluding tert-OH is 3. The summed E-state index contributed by atoms with van der Waals surface area (Å²) in [5, 5.41) is 29.6. The van der Waals surface area contributed by atoms with Crippen LogP contribution in [0.4, 0.5) is 5.82 Å². The van der Waals surface area contributed by atoms with Crippen LogP contribution in [-0.4, -0.2) is 54.8 Å². The van der Waals surface area contributed by atoms with Gasteiger partial charge in [0.15, 0.2) is 11.9 Å².